The Balaban J connectivity index is 1.18. The van der Waals surface area contributed by atoms with Crippen LogP contribution in [0.25, 0.3) is 0 Å². The fraction of sp³-hybridized carbons (Fsp3) is 0.593. The van der Waals surface area contributed by atoms with Gasteiger partial charge < -0.3 is 20.9 Å². The first-order valence-corrected chi connectivity index (χ1v) is 13.8. The normalized spacial score (nSPS) is 21.0. The molecule has 0 aromatic carbocycles. The van der Waals surface area contributed by atoms with E-state index in [0.717, 1.165) is 75.4 Å². The van der Waals surface area contributed by atoms with Gasteiger partial charge in [-0.15, -0.1) is 0 Å². The topological polar surface area (TPSA) is 121 Å². The number of nitrogens with zero attached hydrogens (tertiary/aromatic N) is 6. The van der Waals surface area contributed by atoms with E-state index in [-0.39, 0.29) is 23.6 Å². The summed E-state index contributed by atoms with van der Waals surface area (Å²) in [7, 11) is 0. The minimum atomic E-state index is -4.62. The van der Waals surface area contributed by atoms with Crippen LogP contribution in [0.15, 0.2) is 18.3 Å². The third-order valence-electron chi connectivity index (χ3n) is 8.03. The van der Waals surface area contributed by atoms with Crippen molar-refractivity contribution in [3.63, 3.8) is 0 Å². The molecular weight excluding hydrogens is 525 g/mol. The summed E-state index contributed by atoms with van der Waals surface area (Å²) in [4.78, 5) is 44.3. The molecule has 1 atom stereocenters. The van der Waals surface area contributed by atoms with Crippen molar-refractivity contribution in [2.75, 3.05) is 43.4 Å². The second-order valence-electron chi connectivity index (χ2n) is 10.8. The number of amides is 2. The van der Waals surface area contributed by atoms with Gasteiger partial charge in [-0.05, 0) is 51.2 Å². The number of aryl methyl sites for hydroxylation is 1. The lowest BCUT2D eigenvalue weighted by molar-refractivity contribution is -0.141. The number of nitrogens with two attached hydrogens (primary N) is 1. The molecule has 3 fully saturated rings. The van der Waals surface area contributed by atoms with Gasteiger partial charge in [-0.3, -0.25) is 14.5 Å². The second-order valence-corrected chi connectivity index (χ2v) is 10.8. The number of halogens is 3. The maximum absolute atomic E-state index is 13.0. The van der Waals surface area contributed by atoms with Gasteiger partial charge in [-0.25, -0.2) is 15.0 Å². The number of anilines is 2. The molecule has 0 spiro atoms. The van der Waals surface area contributed by atoms with Crippen LogP contribution < -0.4 is 16.0 Å². The molecule has 3 aliphatic rings. The molecule has 40 heavy (non-hydrogen) atoms. The third-order valence-corrected chi connectivity index (χ3v) is 8.03. The highest BCUT2D eigenvalue weighted by molar-refractivity contribution is 5.98. The smallest absolute Gasteiger partial charge is 0.383 e. The average Bonchev–Trinajstić information content (AvgIpc) is 3.76. The van der Waals surface area contributed by atoms with Crippen LogP contribution in [0, 0.1) is 6.92 Å². The molecular formula is C27H35F3N8O2. The Kier molecular flexibility index (Phi) is 7.85. The van der Waals surface area contributed by atoms with Crippen molar-refractivity contribution >= 4 is 23.5 Å². The van der Waals surface area contributed by atoms with Gasteiger partial charge in [0.2, 0.25) is 0 Å². The van der Waals surface area contributed by atoms with Gasteiger partial charge in [0.15, 0.2) is 0 Å². The molecule has 1 saturated carbocycles. The molecule has 10 nitrogen and oxygen atoms in total. The Bertz CT molecular complexity index is 1260. The number of aromatic nitrogens is 3. The molecule has 1 aliphatic carbocycles. The van der Waals surface area contributed by atoms with E-state index in [0.29, 0.717) is 24.8 Å². The lowest BCUT2D eigenvalue weighted by atomic mass is 9.97. The Morgan fingerprint density at radius 2 is 1.80 bits per heavy atom. The second kappa shape index (κ2) is 11.2. The van der Waals surface area contributed by atoms with Crippen LogP contribution in [-0.4, -0.2) is 87.4 Å². The molecule has 3 N–H and O–H groups in total. The highest BCUT2D eigenvalue weighted by atomic mass is 19.4. The van der Waals surface area contributed by atoms with E-state index >= 15 is 0 Å². The lowest BCUT2D eigenvalue weighted by Crippen LogP contribution is -2.59. The van der Waals surface area contributed by atoms with Crippen molar-refractivity contribution in [2.45, 2.75) is 70.3 Å². The van der Waals surface area contributed by atoms with E-state index in [4.69, 9.17) is 5.73 Å². The van der Waals surface area contributed by atoms with Crippen LogP contribution in [0.4, 0.5) is 24.8 Å². The molecule has 2 aromatic rings. The predicted molar refractivity (Wildman–Crippen MR) is 143 cm³/mol. The van der Waals surface area contributed by atoms with Gasteiger partial charge in [0, 0.05) is 50.8 Å². The van der Waals surface area contributed by atoms with Crippen LogP contribution in [-0.2, 0) is 6.18 Å². The molecule has 2 saturated heterocycles. The van der Waals surface area contributed by atoms with Crippen molar-refractivity contribution in [3.05, 3.63) is 41.0 Å². The fourth-order valence-corrected chi connectivity index (χ4v) is 5.67. The van der Waals surface area contributed by atoms with E-state index in [9.17, 15) is 22.8 Å². The lowest BCUT2D eigenvalue weighted by Gasteiger charge is -2.47. The number of carbonyl (C=O) groups excluding carboxylic acids is 2. The molecule has 2 aromatic heterocycles. The Hall–Kier alpha value is -3.48. The minimum absolute atomic E-state index is 0.000910. The Morgan fingerprint density at radius 3 is 2.40 bits per heavy atom. The van der Waals surface area contributed by atoms with Crippen LogP contribution in [0.3, 0.4) is 0 Å². The Morgan fingerprint density at radius 1 is 1.07 bits per heavy atom. The molecule has 2 amide bonds. The van der Waals surface area contributed by atoms with Crippen molar-refractivity contribution < 1.29 is 22.8 Å². The number of nitrogen functional groups attached to an aromatic ring is 1. The first kappa shape index (κ1) is 28.1. The molecule has 216 valence electrons. The summed E-state index contributed by atoms with van der Waals surface area (Å²) >= 11 is 0. The highest BCUT2D eigenvalue weighted by Gasteiger charge is 2.36. The first-order chi connectivity index (χ1) is 19.0. The minimum Gasteiger partial charge on any atom is -0.383 e. The van der Waals surface area contributed by atoms with Crippen molar-refractivity contribution in [2.24, 2.45) is 0 Å². The number of alkyl halides is 3. The van der Waals surface area contributed by atoms with Crippen LogP contribution in [0.1, 0.15) is 71.3 Å². The SMILES string of the molecule is CC[C@H]1CN(c2ncc(C(=O)NC3CC3)nc2C)CCN1C1CCN(C(=O)c2ccc(C(F)(F)F)nc2N)CC1. The van der Waals surface area contributed by atoms with Gasteiger partial charge in [0.05, 0.1) is 17.5 Å². The van der Waals surface area contributed by atoms with Crippen molar-refractivity contribution in [3.8, 4) is 0 Å². The zero-order valence-corrected chi connectivity index (χ0v) is 22.7. The van der Waals surface area contributed by atoms with E-state index < -0.39 is 23.6 Å². The molecule has 5 rings (SSSR count). The number of rotatable bonds is 6. The van der Waals surface area contributed by atoms with E-state index in [1.54, 1.807) is 11.1 Å². The zero-order chi connectivity index (χ0) is 28.6. The summed E-state index contributed by atoms with van der Waals surface area (Å²) in [5.74, 6) is -0.177. The number of nitrogens with one attached hydrogen (secondary N) is 1. The average molecular weight is 561 g/mol. The highest BCUT2D eigenvalue weighted by Crippen LogP contribution is 2.30. The quantitative estimate of drug-likeness (QED) is 0.554. The van der Waals surface area contributed by atoms with Gasteiger partial charge >= 0.3 is 6.18 Å². The van der Waals surface area contributed by atoms with Gasteiger partial charge in [-0.1, -0.05) is 6.92 Å². The number of likely N-dealkylation sites (tertiary alicyclic amines) is 1. The number of carbonyl (C=O) groups is 2. The van der Waals surface area contributed by atoms with Crippen LogP contribution >= 0.6 is 0 Å². The molecule has 0 radical (unpaired) electrons. The van der Waals surface area contributed by atoms with Crippen LogP contribution in [0.2, 0.25) is 0 Å². The predicted octanol–water partition coefficient (Wildman–Crippen LogP) is 2.88. The molecule has 2 aliphatic heterocycles. The number of pyridine rings is 1. The van der Waals surface area contributed by atoms with Gasteiger partial charge in [-0.2, -0.15) is 13.2 Å². The number of hydrogen-bond acceptors (Lipinski definition) is 8. The standard InChI is InChI=1S/C27H35F3N8O2/c1-3-18-15-37(24-16(2)33-21(14-32-24)25(39)34-17-4-5-17)12-13-38(18)19-8-10-36(11-9-19)26(40)20-6-7-22(27(28,29)30)35-23(20)31/h6-7,14,17-19H,3-5,8-13,15H2,1-2H3,(H2,31,35)(H,34,39)/t18-/m0/s1. The van der Waals surface area contributed by atoms with Gasteiger partial charge in [0.25, 0.3) is 11.8 Å². The molecule has 13 heteroatoms. The van der Waals surface area contributed by atoms with E-state index in [1.807, 2.05) is 6.92 Å². The summed E-state index contributed by atoms with van der Waals surface area (Å²) in [6.07, 6.45) is 1.43. The number of piperidine rings is 1. The molecule has 4 heterocycles. The first-order valence-electron chi connectivity index (χ1n) is 13.8. The number of piperazine rings is 1. The third kappa shape index (κ3) is 5.98. The van der Waals surface area contributed by atoms with Crippen molar-refractivity contribution in [1.82, 2.24) is 30.1 Å². The van der Waals surface area contributed by atoms with Gasteiger partial charge in [0.1, 0.15) is 23.0 Å². The van der Waals surface area contributed by atoms with E-state index in [2.05, 4.69) is 37.0 Å². The Labute approximate surface area is 231 Å². The maximum Gasteiger partial charge on any atom is 0.433 e. The number of hydrogen-bond donors (Lipinski definition) is 2. The van der Waals surface area contributed by atoms with E-state index in [1.165, 1.54) is 0 Å². The molecule has 0 bridgehead atoms. The monoisotopic (exact) mass is 560 g/mol. The fourth-order valence-electron chi connectivity index (χ4n) is 5.67. The summed E-state index contributed by atoms with van der Waals surface area (Å²) in [6.45, 7) is 7.42. The van der Waals surface area contributed by atoms with Crippen molar-refractivity contribution in [1.29, 1.82) is 0 Å². The van der Waals surface area contributed by atoms with Crippen LogP contribution in [0.5, 0.6) is 0 Å². The summed E-state index contributed by atoms with van der Waals surface area (Å²) < 4.78 is 38.8. The zero-order valence-electron chi connectivity index (χ0n) is 22.7. The largest absolute Gasteiger partial charge is 0.433 e. The summed E-state index contributed by atoms with van der Waals surface area (Å²) in [5.41, 5.74) is 5.68. The maximum atomic E-state index is 13.0. The molecule has 0 unspecified atom stereocenters. The summed E-state index contributed by atoms with van der Waals surface area (Å²) in [5, 5.41) is 2.95. The summed E-state index contributed by atoms with van der Waals surface area (Å²) in [6, 6.07) is 2.75.